The lowest BCUT2D eigenvalue weighted by molar-refractivity contribution is -0.123. The lowest BCUT2D eigenvalue weighted by Gasteiger charge is -2.28. The third-order valence-electron chi connectivity index (χ3n) is 4.78. The van der Waals surface area contributed by atoms with Crippen molar-refractivity contribution < 1.29 is 9.53 Å². The Kier molecular flexibility index (Phi) is 6.63. The number of carbonyl (C=O) groups excluding carboxylic acids is 1. The van der Waals surface area contributed by atoms with Crippen LogP contribution < -0.4 is 10.1 Å². The van der Waals surface area contributed by atoms with Crippen LogP contribution in [-0.2, 0) is 10.2 Å². The SMILES string of the molecule is CCC(C(=O)Nc1cnc(Oc2ccc(C#N)cc2C(C)(C)C)nc1)C(C)(C)C. The van der Waals surface area contributed by atoms with E-state index in [-0.39, 0.29) is 28.7 Å². The number of hydrogen-bond donors (Lipinski definition) is 1. The second-order valence-electron chi connectivity index (χ2n) is 9.25. The van der Waals surface area contributed by atoms with Gasteiger partial charge in [-0.3, -0.25) is 4.79 Å². The zero-order valence-corrected chi connectivity index (χ0v) is 18.3. The molecule has 0 spiro atoms. The smallest absolute Gasteiger partial charge is 0.322 e. The lowest BCUT2D eigenvalue weighted by Crippen LogP contribution is -2.32. The molecule has 0 radical (unpaired) electrons. The van der Waals surface area contributed by atoms with Gasteiger partial charge in [0.1, 0.15) is 5.75 Å². The molecule has 0 aliphatic rings. The topological polar surface area (TPSA) is 87.9 Å². The summed E-state index contributed by atoms with van der Waals surface area (Å²) < 4.78 is 5.87. The Labute approximate surface area is 173 Å². The van der Waals surface area contributed by atoms with Crippen LogP contribution in [0.15, 0.2) is 30.6 Å². The molecule has 1 aromatic carbocycles. The summed E-state index contributed by atoms with van der Waals surface area (Å²) in [4.78, 5) is 21.0. The van der Waals surface area contributed by atoms with Crippen molar-refractivity contribution in [2.45, 2.75) is 60.3 Å². The zero-order chi connectivity index (χ0) is 21.8. The molecule has 154 valence electrons. The Morgan fingerprint density at radius 1 is 1.17 bits per heavy atom. The molecular formula is C23H30N4O2. The number of rotatable bonds is 5. The Bertz CT molecular complexity index is 900. The minimum Gasteiger partial charge on any atom is -0.424 e. The van der Waals surface area contributed by atoms with Gasteiger partial charge in [-0.15, -0.1) is 0 Å². The van der Waals surface area contributed by atoms with Gasteiger partial charge in [-0.1, -0.05) is 48.5 Å². The molecule has 0 aliphatic heterocycles. The van der Waals surface area contributed by atoms with Crippen molar-refractivity contribution in [1.82, 2.24) is 9.97 Å². The molecule has 1 aromatic heterocycles. The molecule has 1 amide bonds. The molecular weight excluding hydrogens is 364 g/mol. The molecule has 0 saturated heterocycles. The fourth-order valence-corrected chi connectivity index (χ4v) is 3.23. The van der Waals surface area contributed by atoms with Crippen molar-refractivity contribution >= 4 is 11.6 Å². The standard InChI is InChI=1S/C23H30N4O2/c1-8-17(22(2,3)4)20(28)27-16-13-25-21(26-14-16)29-19-10-9-15(12-24)11-18(19)23(5,6)7/h9-11,13-14,17H,8H2,1-7H3,(H,27,28). The Hall–Kier alpha value is -2.94. The number of nitriles is 1. The summed E-state index contributed by atoms with van der Waals surface area (Å²) in [6.45, 7) is 14.3. The van der Waals surface area contributed by atoms with Crippen LogP contribution >= 0.6 is 0 Å². The van der Waals surface area contributed by atoms with Crippen molar-refractivity contribution in [3.8, 4) is 17.8 Å². The molecule has 6 nitrogen and oxygen atoms in total. The van der Waals surface area contributed by atoms with Gasteiger partial charge in [0.15, 0.2) is 0 Å². The highest BCUT2D eigenvalue weighted by Gasteiger charge is 2.29. The van der Waals surface area contributed by atoms with E-state index in [4.69, 9.17) is 10.00 Å². The highest BCUT2D eigenvalue weighted by Crippen LogP contribution is 2.34. The van der Waals surface area contributed by atoms with Gasteiger partial charge < -0.3 is 10.1 Å². The van der Waals surface area contributed by atoms with E-state index >= 15 is 0 Å². The quantitative estimate of drug-likeness (QED) is 0.728. The first kappa shape index (κ1) is 22.4. The second kappa shape index (κ2) is 8.60. The van der Waals surface area contributed by atoms with Crippen LogP contribution in [0, 0.1) is 22.7 Å². The summed E-state index contributed by atoms with van der Waals surface area (Å²) >= 11 is 0. The van der Waals surface area contributed by atoms with Gasteiger partial charge >= 0.3 is 6.01 Å². The maximum Gasteiger partial charge on any atom is 0.322 e. The first-order chi connectivity index (χ1) is 13.5. The lowest BCUT2D eigenvalue weighted by atomic mass is 9.78. The van der Waals surface area contributed by atoms with Crippen LogP contribution in [0.5, 0.6) is 11.8 Å². The monoisotopic (exact) mass is 394 g/mol. The highest BCUT2D eigenvalue weighted by molar-refractivity contribution is 5.92. The maximum atomic E-state index is 12.6. The van der Waals surface area contributed by atoms with E-state index in [2.05, 4.69) is 62.9 Å². The molecule has 0 fully saturated rings. The third-order valence-corrected chi connectivity index (χ3v) is 4.78. The summed E-state index contributed by atoms with van der Waals surface area (Å²) in [6.07, 6.45) is 3.83. The normalized spacial score (nSPS) is 12.8. The Morgan fingerprint density at radius 2 is 1.79 bits per heavy atom. The van der Waals surface area contributed by atoms with E-state index in [9.17, 15) is 4.79 Å². The first-order valence-electron chi connectivity index (χ1n) is 9.81. The van der Waals surface area contributed by atoms with Crippen molar-refractivity contribution in [2.24, 2.45) is 11.3 Å². The summed E-state index contributed by atoms with van der Waals surface area (Å²) in [5, 5.41) is 12.1. The molecule has 1 unspecified atom stereocenters. The second-order valence-corrected chi connectivity index (χ2v) is 9.25. The molecule has 29 heavy (non-hydrogen) atoms. The van der Waals surface area contributed by atoms with Crippen molar-refractivity contribution in [3.05, 3.63) is 41.7 Å². The van der Waals surface area contributed by atoms with E-state index < -0.39 is 0 Å². The van der Waals surface area contributed by atoms with E-state index in [0.717, 1.165) is 12.0 Å². The maximum absolute atomic E-state index is 12.6. The van der Waals surface area contributed by atoms with Gasteiger partial charge in [-0.2, -0.15) is 5.26 Å². The minimum absolute atomic E-state index is 0.0422. The Morgan fingerprint density at radius 3 is 2.28 bits per heavy atom. The Balaban J connectivity index is 2.18. The number of nitrogens with one attached hydrogen (secondary N) is 1. The van der Waals surface area contributed by atoms with Gasteiger partial charge in [-0.05, 0) is 35.4 Å². The van der Waals surface area contributed by atoms with Crippen LogP contribution in [0.4, 0.5) is 5.69 Å². The van der Waals surface area contributed by atoms with E-state index in [1.54, 1.807) is 12.1 Å². The predicted molar refractivity (Wildman–Crippen MR) is 114 cm³/mol. The van der Waals surface area contributed by atoms with Crippen LogP contribution in [0.1, 0.15) is 66.0 Å². The average Bonchev–Trinajstić information content (AvgIpc) is 2.62. The minimum atomic E-state index is -0.210. The number of hydrogen-bond acceptors (Lipinski definition) is 5. The molecule has 0 saturated carbocycles. The number of carbonyl (C=O) groups is 1. The van der Waals surface area contributed by atoms with Crippen molar-refractivity contribution in [1.29, 1.82) is 5.26 Å². The fourth-order valence-electron chi connectivity index (χ4n) is 3.23. The van der Waals surface area contributed by atoms with Gasteiger partial charge in [-0.25, -0.2) is 9.97 Å². The fraction of sp³-hybridized carbons (Fsp3) is 0.478. The molecule has 6 heteroatoms. The zero-order valence-electron chi connectivity index (χ0n) is 18.3. The van der Waals surface area contributed by atoms with Crippen LogP contribution in [-0.4, -0.2) is 15.9 Å². The van der Waals surface area contributed by atoms with Gasteiger partial charge in [0.05, 0.1) is 29.7 Å². The number of anilines is 1. The van der Waals surface area contributed by atoms with Crippen molar-refractivity contribution in [3.63, 3.8) is 0 Å². The van der Waals surface area contributed by atoms with Crippen LogP contribution in [0.25, 0.3) is 0 Å². The molecule has 0 aliphatic carbocycles. The van der Waals surface area contributed by atoms with E-state index in [1.165, 1.54) is 12.4 Å². The molecule has 1 atom stereocenters. The summed E-state index contributed by atoms with van der Waals surface area (Å²) in [5.74, 6) is 0.456. The third kappa shape index (κ3) is 5.77. The molecule has 1 N–H and O–H groups in total. The van der Waals surface area contributed by atoms with Gasteiger partial charge in [0.25, 0.3) is 0 Å². The first-order valence-corrected chi connectivity index (χ1v) is 9.81. The van der Waals surface area contributed by atoms with Crippen LogP contribution in [0.2, 0.25) is 0 Å². The number of aromatic nitrogens is 2. The molecule has 2 rings (SSSR count). The average molecular weight is 395 g/mol. The highest BCUT2D eigenvalue weighted by atomic mass is 16.5. The largest absolute Gasteiger partial charge is 0.424 e. The summed E-state index contributed by atoms with van der Waals surface area (Å²) in [5.41, 5.74) is 1.67. The number of nitrogens with zero attached hydrogens (tertiary/aromatic N) is 3. The van der Waals surface area contributed by atoms with Gasteiger partial charge in [0, 0.05) is 11.5 Å². The predicted octanol–water partition coefficient (Wildman–Crippen LogP) is 5.45. The molecule has 0 bridgehead atoms. The number of amides is 1. The summed E-state index contributed by atoms with van der Waals surface area (Å²) in [6, 6.07) is 7.62. The van der Waals surface area contributed by atoms with E-state index in [0.29, 0.717) is 17.0 Å². The summed E-state index contributed by atoms with van der Waals surface area (Å²) in [7, 11) is 0. The molecule has 1 heterocycles. The van der Waals surface area contributed by atoms with E-state index in [1.807, 2.05) is 13.0 Å². The van der Waals surface area contributed by atoms with Gasteiger partial charge in [0.2, 0.25) is 5.91 Å². The number of benzene rings is 1. The van der Waals surface area contributed by atoms with Crippen LogP contribution in [0.3, 0.4) is 0 Å². The van der Waals surface area contributed by atoms with Crippen molar-refractivity contribution in [2.75, 3.05) is 5.32 Å². The molecule has 2 aromatic rings. The number of ether oxygens (including phenoxy) is 1.